The van der Waals surface area contributed by atoms with Crippen LogP contribution in [0, 0.1) is 5.92 Å². The summed E-state index contributed by atoms with van der Waals surface area (Å²) in [6, 6.07) is -0.713. The second kappa shape index (κ2) is 4.55. The van der Waals surface area contributed by atoms with Gasteiger partial charge >= 0.3 is 5.97 Å². The van der Waals surface area contributed by atoms with E-state index in [2.05, 4.69) is 4.98 Å². The highest BCUT2D eigenvalue weighted by atomic mass is 32.2. The van der Waals surface area contributed by atoms with Gasteiger partial charge in [-0.3, -0.25) is 4.79 Å². The van der Waals surface area contributed by atoms with Crippen LogP contribution in [0.2, 0.25) is 0 Å². The van der Waals surface area contributed by atoms with E-state index in [1.807, 2.05) is 0 Å². The summed E-state index contributed by atoms with van der Waals surface area (Å²) >= 11 is 2.93. The lowest BCUT2D eigenvalue weighted by molar-refractivity contribution is -0.141. The van der Waals surface area contributed by atoms with Crippen molar-refractivity contribution >= 4 is 35.0 Å². The predicted octanol–water partition coefficient (Wildman–Crippen LogP) is 1.52. The largest absolute Gasteiger partial charge is 0.480 e. The van der Waals surface area contributed by atoms with Crippen LogP contribution < -0.4 is 0 Å². The lowest BCUT2D eigenvalue weighted by atomic mass is 10.2. The molecule has 1 saturated carbocycles. The minimum absolute atomic E-state index is 0.0142. The van der Waals surface area contributed by atoms with Crippen molar-refractivity contribution in [1.82, 2.24) is 9.88 Å². The molecule has 2 fully saturated rings. The van der Waals surface area contributed by atoms with Crippen molar-refractivity contribution in [2.24, 2.45) is 5.92 Å². The van der Waals surface area contributed by atoms with E-state index in [4.69, 9.17) is 0 Å². The smallest absolute Gasteiger partial charge is 0.327 e. The number of thiazole rings is 1. The van der Waals surface area contributed by atoms with Crippen LogP contribution in [0.15, 0.2) is 10.9 Å². The maximum atomic E-state index is 12.4. The molecule has 1 aliphatic heterocycles. The molecule has 1 N–H and O–H groups in total. The molecule has 3 rings (SSSR count). The fourth-order valence-electron chi connectivity index (χ4n) is 2.17. The van der Waals surface area contributed by atoms with Gasteiger partial charge in [-0.1, -0.05) is 0 Å². The van der Waals surface area contributed by atoms with Gasteiger partial charge in [-0.15, -0.1) is 23.1 Å². The lowest BCUT2D eigenvalue weighted by Gasteiger charge is -2.26. The third kappa shape index (κ3) is 2.01. The fourth-order valence-corrected chi connectivity index (χ4v) is 4.33. The monoisotopic (exact) mass is 284 g/mol. The van der Waals surface area contributed by atoms with Crippen molar-refractivity contribution in [3.63, 3.8) is 0 Å². The zero-order valence-electron chi connectivity index (χ0n) is 9.48. The molecular formula is C11H12N2O3S2. The molecule has 18 heavy (non-hydrogen) atoms. The molecular weight excluding hydrogens is 272 g/mol. The van der Waals surface area contributed by atoms with Gasteiger partial charge in [-0.2, -0.15) is 0 Å². The van der Waals surface area contributed by atoms with Gasteiger partial charge in [0.2, 0.25) is 0 Å². The van der Waals surface area contributed by atoms with Gasteiger partial charge in [0.1, 0.15) is 11.7 Å². The van der Waals surface area contributed by atoms with Crippen molar-refractivity contribution in [1.29, 1.82) is 0 Å². The van der Waals surface area contributed by atoms with Crippen molar-refractivity contribution < 1.29 is 14.7 Å². The predicted molar refractivity (Wildman–Crippen MR) is 68.7 cm³/mol. The topological polar surface area (TPSA) is 70.5 Å². The summed E-state index contributed by atoms with van der Waals surface area (Å²) in [4.78, 5) is 29.1. The molecule has 2 atom stereocenters. The average molecular weight is 284 g/mol. The number of aromatic nitrogens is 1. The Morgan fingerprint density at radius 1 is 1.44 bits per heavy atom. The molecule has 2 aliphatic rings. The van der Waals surface area contributed by atoms with E-state index < -0.39 is 12.0 Å². The summed E-state index contributed by atoms with van der Waals surface area (Å²) in [5, 5.41) is 10.9. The molecule has 0 aromatic carbocycles. The highest BCUT2D eigenvalue weighted by Crippen LogP contribution is 2.45. The summed E-state index contributed by atoms with van der Waals surface area (Å²) in [5.74, 6) is -0.228. The normalized spacial score (nSPS) is 27.4. The molecule has 96 valence electrons. The third-order valence-electron chi connectivity index (χ3n) is 3.23. The molecule has 5 nitrogen and oxygen atoms in total. The highest BCUT2D eigenvalue weighted by Gasteiger charge is 2.48. The van der Waals surface area contributed by atoms with Crippen LogP contribution in [0.1, 0.15) is 23.3 Å². The van der Waals surface area contributed by atoms with Crippen molar-refractivity contribution in [3.8, 4) is 0 Å². The minimum Gasteiger partial charge on any atom is -0.480 e. The number of carboxylic acids is 1. The number of rotatable bonds is 3. The number of amides is 1. The lowest BCUT2D eigenvalue weighted by Crippen LogP contribution is -2.46. The third-order valence-corrected chi connectivity index (χ3v) is 5.28. The van der Waals surface area contributed by atoms with Gasteiger partial charge in [0.05, 0.1) is 10.9 Å². The second-order valence-electron chi connectivity index (χ2n) is 4.50. The van der Waals surface area contributed by atoms with E-state index in [0.717, 1.165) is 12.8 Å². The zero-order chi connectivity index (χ0) is 12.7. The molecule has 7 heteroatoms. The van der Waals surface area contributed by atoms with E-state index in [1.54, 1.807) is 22.7 Å². The van der Waals surface area contributed by atoms with E-state index in [-0.39, 0.29) is 11.3 Å². The van der Waals surface area contributed by atoms with Gasteiger partial charge in [0, 0.05) is 11.1 Å². The number of hydrogen-bond donors (Lipinski definition) is 1. The summed E-state index contributed by atoms with van der Waals surface area (Å²) in [7, 11) is 0. The first-order valence-corrected chi connectivity index (χ1v) is 7.73. The molecule has 0 radical (unpaired) electrons. The number of aliphatic carboxylic acids is 1. The Morgan fingerprint density at radius 2 is 2.22 bits per heavy atom. The van der Waals surface area contributed by atoms with Gasteiger partial charge < -0.3 is 10.0 Å². The minimum atomic E-state index is -0.922. The Bertz CT molecular complexity index is 473. The molecule has 0 bridgehead atoms. The number of hydrogen-bond acceptors (Lipinski definition) is 5. The zero-order valence-corrected chi connectivity index (χ0v) is 11.1. The Morgan fingerprint density at radius 3 is 2.78 bits per heavy atom. The summed E-state index contributed by atoms with van der Waals surface area (Å²) < 4.78 is 0. The highest BCUT2D eigenvalue weighted by molar-refractivity contribution is 8.00. The fraction of sp³-hybridized carbons (Fsp3) is 0.545. The maximum Gasteiger partial charge on any atom is 0.327 e. The first-order valence-electron chi connectivity index (χ1n) is 5.73. The van der Waals surface area contributed by atoms with Crippen LogP contribution >= 0.6 is 23.1 Å². The van der Waals surface area contributed by atoms with E-state index >= 15 is 0 Å². The molecule has 1 aromatic rings. The van der Waals surface area contributed by atoms with Crippen molar-refractivity contribution in [3.05, 3.63) is 16.6 Å². The van der Waals surface area contributed by atoms with Crippen LogP contribution in [0.4, 0.5) is 0 Å². The molecule has 1 amide bonds. The molecule has 1 aromatic heterocycles. The molecule has 1 saturated heterocycles. The van der Waals surface area contributed by atoms with Gasteiger partial charge in [-0.25, -0.2) is 9.78 Å². The average Bonchev–Trinajstić information content (AvgIpc) is 2.91. The van der Waals surface area contributed by atoms with Gasteiger partial charge in [0.15, 0.2) is 0 Å². The van der Waals surface area contributed by atoms with Gasteiger partial charge in [0.25, 0.3) is 5.91 Å². The number of carboxylic acid groups (broad SMARTS) is 1. The van der Waals surface area contributed by atoms with Crippen LogP contribution in [0.5, 0.6) is 0 Å². The SMILES string of the molecule is O=C(O)C1CSC(C2CC2)N1C(=O)c1cscn1. The van der Waals surface area contributed by atoms with E-state index in [1.165, 1.54) is 16.2 Å². The van der Waals surface area contributed by atoms with Crippen LogP contribution in [0.3, 0.4) is 0 Å². The number of carbonyl (C=O) groups excluding carboxylic acids is 1. The number of nitrogens with zero attached hydrogens (tertiary/aromatic N) is 2. The van der Waals surface area contributed by atoms with E-state index in [0.29, 0.717) is 17.4 Å². The second-order valence-corrected chi connectivity index (χ2v) is 6.37. The first-order chi connectivity index (χ1) is 8.68. The Balaban J connectivity index is 1.88. The van der Waals surface area contributed by atoms with Crippen molar-refractivity contribution in [2.45, 2.75) is 24.3 Å². The Hall–Kier alpha value is -1.08. The standard InChI is InChI=1S/C11H12N2O3S2/c14-9(7-3-17-5-12-7)13-8(11(15)16)4-18-10(13)6-1-2-6/h3,5-6,8,10H,1-2,4H2,(H,15,16). The number of carbonyl (C=O) groups is 2. The van der Waals surface area contributed by atoms with Crippen LogP contribution in [-0.2, 0) is 4.79 Å². The summed E-state index contributed by atoms with van der Waals surface area (Å²) in [5.41, 5.74) is 1.96. The molecule has 2 unspecified atom stereocenters. The van der Waals surface area contributed by atoms with Crippen LogP contribution in [0.25, 0.3) is 0 Å². The summed E-state index contributed by atoms with van der Waals surface area (Å²) in [6.07, 6.45) is 2.18. The summed E-state index contributed by atoms with van der Waals surface area (Å²) in [6.45, 7) is 0. The number of thioether (sulfide) groups is 1. The first kappa shape index (κ1) is 12.0. The molecule has 1 aliphatic carbocycles. The Kier molecular flexibility index (Phi) is 3.03. The van der Waals surface area contributed by atoms with Gasteiger partial charge in [-0.05, 0) is 18.8 Å². The molecule has 2 heterocycles. The Labute approximate surface area is 112 Å². The van der Waals surface area contributed by atoms with Crippen LogP contribution in [-0.4, -0.2) is 44.0 Å². The van der Waals surface area contributed by atoms with E-state index in [9.17, 15) is 14.7 Å². The van der Waals surface area contributed by atoms with Crippen molar-refractivity contribution in [2.75, 3.05) is 5.75 Å². The maximum absolute atomic E-state index is 12.4. The quantitative estimate of drug-likeness (QED) is 0.911. The molecule has 0 spiro atoms.